The molecule has 29 heavy (non-hydrogen) atoms. The predicted molar refractivity (Wildman–Crippen MR) is 107 cm³/mol. The van der Waals surface area contributed by atoms with Crippen LogP contribution in [0.1, 0.15) is 29.8 Å². The van der Waals surface area contributed by atoms with Crippen molar-refractivity contribution in [3.63, 3.8) is 0 Å². The molecule has 2 aromatic heterocycles. The smallest absolute Gasteiger partial charge is 0.289 e. The SMILES string of the molecule is CC(=O)N1CCCN(C(=O)c2nc3c(N4CCOCC4)nc(C)nc3n2C)CC1. The zero-order chi connectivity index (χ0) is 20.5. The first-order valence-electron chi connectivity index (χ1n) is 10.0. The van der Waals surface area contributed by atoms with Gasteiger partial charge in [0.05, 0.1) is 13.2 Å². The summed E-state index contributed by atoms with van der Waals surface area (Å²) in [4.78, 5) is 44.4. The van der Waals surface area contributed by atoms with Crippen molar-refractivity contribution in [1.82, 2.24) is 29.3 Å². The van der Waals surface area contributed by atoms with E-state index in [1.54, 1.807) is 21.3 Å². The van der Waals surface area contributed by atoms with Gasteiger partial charge >= 0.3 is 0 Å². The maximum absolute atomic E-state index is 13.2. The number of rotatable bonds is 2. The van der Waals surface area contributed by atoms with E-state index in [9.17, 15) is 9.59 Å². The number of carbonyl (C=O) groups excluding carboxylic acids is 2. The molecule has 2 saturated heterocycles. The number of aryl methyl sites for hydroxylation is 2. The highest BCUT2D eigenvalue weighted by Gasteiger charge is 2.27. The second kappa shape index (κ2) is 7.94. The first kappa shape index (κ1) is 19.6. The van der Waals surface area contributed by atoms with Gasteiger partial charge < -0.3 is 24.0 Å². The molecule has 2 aliphatic rings. The van der Waals surface area contributed by atoms with E-state index < -0.39 is 0 Å². The quantitative estimate of drug-likeness (QED) is 0.709. The van der Waals surface area contributed by atoms with Crippen LogP contribution in [-0.2, 0) is 16.6 Å². The molecule has 4 heterocycles. The van der Waals surface area contributed by atoms with Gasteiger partial charge in [-0.05, 0) is 13.3 Å². The Hall–Kier alpha value is -2.75. The summed E-state index contributed by atoms with van der Waals surface area (Å²) in [6, 6.07) is 0. The third-order valence-electron chi connectivity index (χ3n) is 5.54. The molecule has 10 heteroatoms. The number of fused-ring (bicyclic) bond motifs is 1. The van der Waals surface area contributed by atoms with Gasteiger partial charge in [-0.1, -0.05) is 0 Å². The largest absolute Gasteiger partial charge is 0.378 e. The van der Waals surface area contributed by atoms with Crippen LogP contribution in [0.3, 0.4) is 0 Å². The third-order valence-corrected chi connectivity index (χ3v) is 5.54. The van der Waals surface area contributed by atoms with E-state index in [0.29, 0.717) is 62.2 Å². The number of hydrogen-bond acceptors (Lipinski definition) is 7. The Morgan fingerprint density at radius 3 is 2.34 bits per heavy atom. The number of amides is 2. The van der Waals surface area contributed by atoms with Crippen LogP contribution in [0.4, 0.5) is 5.82 Å². The highest BCUT2D eigenvalue weighted by atomic mass is 16.5. The molecular formula is C19H27N7O3. The Kier molecular flexibility index (Phi) is 5.35. The van der Waals surface area contributed by atoms with Gasteiger partial charge in [0.2, 0.25) is 11.7 Å². The first-order chi connectivity index (χ1) is 14.0. The molecule has 10 nitrogen and oxygen atoms in total. The lowest BCUT2D eigenvalue weighted by molar-refractivity contribution is -0.128. The second-order valence-electron chi connectivity index (χ2n) is 7.51. The van der Waals surface area contributed by atoms with Gasteiger partial charge in [0, 0.05) is 53.2 Å². The van der Waals surface area contributed by atoms with E-state index in [2.05, 4.69) is 19.9 Å². The fraction of sp³-hybridized carbons (Fsp3) is 0.632. The minimum absolute atomic E-state index is 0.0444. The van der Waals surface area contributed by atoms with Crippen LogP contribution in [0.5, 0.6) is 0 Å². The number of imidazole rings is 1. The molecular weight excluding hydrogens is 374 g/mol. The summed E-state index contributed by atoms with van der Waals surface area (Å²) in [6.07, 6.45) is 0.757. The highest BCUT2D eigenvalue weighted by molar-refractivity contribution is 5.96. The predicted octanol–water partition coefficient (Wildman–Crippen LogP) is 0.203. The number of nitrogens with zero attached hydrogens (tertiary/aromatic N) is 7. The van der Waals surface area contributed by atoms with Gasteiger partial charge in [0.25, 0.3) is 5.91 Å². The third kappa shape index (κ3) is 3.76. The van der Waals surface area contributed by atoms with E-state index in [-0.39, 0.29) is 11.8 Å². The molecule has 0 aliphatic carbocycles. The average molecular weight is 401 g/mol. The van der Waals surface area contributed by atoms with Gasteiger partial charge in [-0.25, -0.2) is 15.0 Å². The summed E-state index contributed by atoms with van der Waals surface area (Å²) in [5.41, 5.74) is 1.30. The summed E-state index contributed by atoms with van der Waals surface area (Å²) in [5.74, 6) is 1.66. The van der Waals surface area contributed by atoms with Gasteiger partial charge in [0.15, 0.2) is 17.0 Å². The number of carbonyl (C=O) groups is 2. The monoisotopic (exact) mass is 401 g/mol. The zero-order valence-electron chi connectivity index (χ0n) is 17.2. The summed E-state index contributed by atoms with van der Waals surface area (Å²) in [5, 5.41) is 0. The van der Waals surface area contributed by atoms with Gasteiger partial charge in [-0.15, -0.1) is 0 Å². The van der Waals surface area contributed by atoms with Crippen molar-refractivity contribution in [1.29, 1.82) is 0 Å². The van der Waals surface area contributed by atoms with Crippen LogP contribution in [0.25, 0.3) is 11.2 Å². The van der Waals surface area contributed by atoms with E-state index in [4.69, 9.17) is 4.74 Å². The molecule has 0 spiro atoms. The molecule has 0 radical (unpaired) electrons. The minimum atomic E-state index is -0.138. The summed E-state index contributed by atoms with van der Waals surface area (Å²) in [6.45, 7) is 8.50. The van der Waals surface area contributed by atoms with E-state index >= 15 is 0 Å². The van der Waals surface area contributed by atoms with Crippen molar-refractivity contribution in [3.05, 3.63) is 11.6 Å². The van der Waals surface area contributed by atoms with Crippen LogP contribution in [0, 0.1) is 6.92 Å². The lowest BCUT2D eigenvalue weighted by atomic mass is 10.3. The molecule has 0 N–H and O–H groups in total. The molecule has 0 aromatic carbocycles. The van der Waals surface area contributed by atoms with Crippen LogP contribution in [0.2, 0.25) is 0 Å². The summed E-state index contributed by atoms with van der Waals surface area (Å²) in [7, 11) is 1.82. The molecule has 2 aliphatic heterocycles. The number of aromatic nitrogens is 4. The van der Waals surface area contributed by atoms with Crippen LogP contribution in [0.15, 0.2) is 0 Å². The first-order valence-corrected chi connectivity index (χ1v) is 10.0. The van der Waals surface area contributed by atoms with E-state index in [1.165, 1.54) is 0 Å². The summed E-state index contributed by atoms with van der Waals surface area (Å²) >= 11 is 0. The van der Waals surface area contributed by atoms with Crippen molar-refractivity contribution < 1.29 is 14.3 Å². The minimum Gasteiger partial charge on any atom is -0.378 e. The molecule has 0 saturated carbocycles. The Morgan fingerprint density at radius 1 is 0.931 bits per heavy atom. The highest BCUT2D eigenvalue weighted by Crippen LogP contribution is 2.25. The van der Waals surface area contributed by atoms with Crippen molar-refractivity contribution in [2.45, 2.75) is 20.3 Å². The maximum atomic E-state index is 13.2. The van der Waals surface area contributed by atoms with Crippen molar-refractivity contribution in [2.24, 2.45) is 7.05 Å². The van der Waals surface area contributed by atoms with Crippen molar-refractivity contribution in [2.75, 3.05) is 57.4 Å². The topological polar surface area (TPSA) is 96.7 Å². The van der Waals surface area contributed by atoms with Crippen LogP contribution in [-0.4, -0.2) is 93.6 Å². The molecule has 2 aromatic rings. The Balaban J connectivity index is 1.66. The fourth-order valence-corrected chi connectivity index (χ4v) is 3.92. The van der Waals surface area contributed by atoms with E-state index in [0.717, 1.165) is 25.3 Å². The Morgan fingerprint density at radius 2 is 1.62 bits per heavy atom. The van der Waals surface area contributed by atoms with E-state index in [1.807, 2.05) is 14.0 Å². The molecule has 0 atom stereocenters. The standard InChI is InChI=1S/C19H27N7O3/c1-13-20-16-15(17(21-13)25-9-11-29-12-10-25)22-18(23(16)3)19(28)26-6-4-5-24(7-8-26)14(2)27/h4-12H2,1-3H3. The molecule has 156 valence electrons. The Bertz CT molecular complexity index is 936. The maximum Gasteiger partial charge on any atom is 0.289 e. The Labute approximate surface area is 169 Å². The van der Waals surface area contributed by atoms with Crippen molar-refractivity contribution in [3.8, 4) is 0 Å². The zero-order valence-corrected chi connectivity index (χ0v) is 17.2. The molecule has 4 rings (SSSR count). The number of hydrogen-bond donors (Lipinski definition) is 0. The molecule has 2 amide bonds. The van der Waals surface area contributed by atoms with Gasteiger partial charge in [-0.3, -0.25) is 9.59 Å². The number of anilines is 1. The molecule has 2 fully saturated rings. The van der Waals surface area contributed by atoms with Gasteiger partial charge in [0.1, 0.15) is 5.82 Å². The molecule has 0 unspecified atom stereocenters. The molecule has 0 bridgehead atoms. The van der Waals surface area contributed by atoms with Crippen LogP contribution >= 0.6 is 0 Å². The second-order valence-corrected chi connectivity index (χ2v) is 7.51. The average Bonchev–Trinajstić information content (AvgIpc) is 2.90. The fourth-order valence-electron chi connectivity index (χ4n) is 3.92. The van der Waals surface area contributed by atoms with Gasteiger partial charge in [-0.2, -0.15) is 0 Å². The van der Waals surface area contributed by atoms with Crippen molar-refractivity contribution >= 4 is 28.8 Å². The lowest BCUT2D eigenvalue weighted by Gasteiger charge is -2.27. The number of morpholine rings is 1. The summed E-state index contributed by atoms with van der Waals surface area (Å²) < 4.78 is 7.20. The normalized spacial score (nSPS) is 18.2. The van der Waals surface area contributed by atoms with Crippen LogP contribution < -0.4 is 4.90 Å². The lowest BCUT2D eigenvalue weighted by Crippen LogP contribution is -2.37. The number of ether oxygens (including phenoxy) is 1.